The third-order valence-corrected chi connectivity index (χ3v) is 1.78. The molecule has 0 aliphatic carbocycles. The molecule has 0 radical (unpaired) electrons. The van der Waals surface area contributed by atoms with Gasteiger partial charge in [0, 0.05) is 25.0 Å². The Morgan fingerprint density at radius 1 is 1.59 bits per heavy atom. The summed E-state index contributed by atoms with van der Waals surface area (Å²) in [5, 5.41) is 2.28. The molecular weight excluding hydrogens is 239 g/mol. The number of carbonyl (C=O) groups excluding carboxylic acids is 1. The zero-order valence-electron chi connectivity index (χ0n) is 9.07. The summed E-state index contributed by atoms with van der Waals surface area (Å²) in [6, 6.07) is -0.357. The number of carbonyl (C=O) groups is 1. The molecule has 1 rings (SSSR count). The number of alkyl carbamates (subject to hydrolysis) is 1. The molecule has 1 aromatic rings. The van der Waals surface area contributed by atoms with Gasteiger partial charge in [0.05, 0.1) is 6.33 Å². The van der Waals surface area contributed by atoms with Crippen LogP contribution >= 0.6 is 0 Å². The zero-order chi connectivity index (χ0) is 12.9. The van der Waals surface area contributed by atoms with Crippen LogP contribution in [-0.4, -0.2) is 34.5 Å². The molecule has 17 heavy (non-hydrogen) atoms. The molecule has 0 spiro atoms. The number of halogens is 3. The minimum atomic E-state index is -4.51. The normalized spacial score (nSPS) is 13.2. The number of alkyl halides is 3. The summed E-state index contributed by atoms with van der Waals surface area (Å²) in [6.45, 7) is 0.465. The van der Waals surface area contributed by atoms with Gasteiger partial charge in [0.25, 0.3) is 0 Å². The highest BCUT2D eigenvalue weighted by Crippen LogP contribution is 2.14. The predicted molar refractivity (Wildman–Crippen MR) is 52.2 cm³/mol. The van der Waals surface area contributed by atoms with Crippen molar-refractivity contribution >= 4 is 6.09 Å². The van der Waals surface area contributed by atoms with E-state index in [1.807, 2.05) is 0 Å². The van der Waals surface area contributed by atoms with Gasteiger partial charge in [-0.25, -0.2) is 9.78 Å². The number of aromatic nitrogens is 2. The number of imidazole rings is 1. The van der Waals surface area contributed by atoms with Gasteiger partial charge in [0.1, 0.15) is 0 Å². The first-order chi connectivity index (χ1) is 7.87. The van der Waals surface area contributed by atoms with Gasteiger partial charge in [0.15, 0.2) is 6.61 Å². The standard InChI is InChI=1S/C9H12F3N3O2/c1-7(4-15-3-2-13-6-15)14-8(16)17-5-9(10,11)12/h2-3,6-7H,4-5H2,1H3,(H,14,16). The Hall–Kier alpha value is -1.73. The molecule has 0 saturated carbocycles. The Morgan fingerprint density at radius 2 is 2.29 bits per heavy atom. The van der Waals surface area contributed by atoms with Crippen LogP contribution in [0.15, 0.2) is 18.7 Å². The van der Waals surface area contributed by atoms with Gasteiger partial charge in [0.2, 0.25) is 0 Å². The Kier molecular flexibility index (Phi) is 4.36. The van der Waals surface area contributed by atoms with Gasteiger partial charge < -0.3 is 14.6 Å². The van der Waals surface area contributed by atoms with Crippen molar-refractivity contribution in [3.8, 4) is 0 Å². The van der Waals surface area contributed by atoms with E-state index >= 15 is 0 Å². The Morgan fingerprint density at radius 3 is 2.82 bits per heavy atom. The van der Waals surface area contributed by atoms with Crippen LogP contribution in [0.4, 0.5) is 18.0 Å². The Labute approximate surface area is 95.6 Å². The van der Waals surface area contributed by atoms with Crippen LogP contribution in [0.3, 0.4) is 0 Å². The predicted octanol–water partition coefficient (Wildman–Crippen LogP) is 1.56. The maximum atomic E-state index is 11.7. The number of nitrogens with zero attached hydrogens (tertiary/aromatic N) is 2. The highest BCUT2D eigenvalue weighted by molar-refractivity contribution is 5.67. The number of hydrogen-bond donors (Lipinski definition) is 1. The van der Waals surface area contributed by atoms with Gasteiger partial charge >= 0.3 is 12.3 Å². The lowest BCUT2D eigenvalue weighted by molar-refractivity contribution is -0.160. The lowest BCUT2D eigenvalue weighted by Gasteiger charge is -2.15. The number of rotatable bonds is 4. The molecule has 96 valence electrons. The van der Waals surface area contributed by atoms with Gasteiger partial charge in [-0.1, -0.05) is 0 Å². The van der Waals surface area contributed by atoms with Crippen molar-refractivity contribution in [1.29, 1.82) is 0 Å². The van der Waals surface area contributed by atoms with Gasteiger partial charge in [-0.05, 0) is 6.92 Å². The van der Waals surface area contributed by atoms with Crippen LogP contribution in [0.2, 0.25) is 0 Å². The first-order valence-electron chi connectivity index (χ1n) is 4.82. The molecule has 1 N–H and O–H groups in total. The van der Waals surface area contributed by atoms with Crippen molar-refractivity contribution in [2.45, 2.75) is 25.7 Å². The highest BCUT2D eigenvalue weighted by Gasteiger charge is 2.29. The molecule has 0 aliphatic heterocycles. The lowest BCUT2D eigenvalue weighted by Crippen LogP contribution is -2.37. The topological polar surface area (TPSA) is 56.2 Å². The summed E-state index contributed by atoms with van der Waals surface area (Å²) in [6.07, 6.45) is -0.812. The summed E-state index contributed by atoms with van der Waals surface area (Å²) < 4.78 is 40.9. The fourth-order valence-corrected chi connectivity index (χ4v) is 1.15. The van der Waals surface area contributed by atoms with Crippen LogP contribution in [0.25, 0.3) is 0 Å². The summed E-state index contributed by atoms with van der Waals surface area (Å²) in [5.41, 5.74) is 0. The molecule has 8 heteroatoms. The van der Waals surface area contributed by atoms with E-state index in [0.717, 1.165) is 0 Å². The molecule has 0 bridgehead atoms. The molecule has 1 atom stereocenters. The monoisotopic (exact) mass is 251 g/mol. The minimum absolute atomic E-state index is 0.357. The molecule has 5 nitrogen and oxygen atoms in total. The second kappa shape index (κ2) is 5.55. The molecule has 0 aromatic carbocycles. The van der Waals surface area contributed by atoms with Crippen LogP contribution in [-0.2, 0) is 11.3 Å². The van der Waals surface area contributed by atoms with Crippen LogP contribution in [0.5, 0.6) is 0 Å². The fourth-order valence-electron chi connectivity index (χ4n) is 1.15. The molecule has 0 saturated heterocycles. The summed E-state index contributed by atoms with van der Waals surface area (Å²) in [7, 11) is 0. The van der Waals surface area contributed by atoms with E-state index in [1.54, 1.807) is 30.2 Å². The lowest BCUT2D eigenvalue weighted by atomic mass is 10.3. The maximum absolute atomic E-state index is 11.7. The summed E-state index contributed by atoms with van der Waals surface area (Å²) in [4.78, 5) is 14.8. The van der Waals surface area contributed by atoms with Crippen LogP contribution < -0.4 is 5.32 Å². The number of ether oxygens (including phenoxy) is 1. The van der Waals surface area contributed by atoms with Gasteiger partial charge in [-0.3, -0.25) is 0 Å². The SMILES string of the molecule is CC(Cn1ccnc1)NC(=O)OCC(F)(F)F. The van der Waals surface area contributed by atoms with Crippen LogP contribution in [0.1, 0.15) is 6.92 Å². The molecule has 1 amide bonds. The third kappa shape index (κ3) is 5.79. The Bertz CT molecular complexity index is 351. The molecule has 0 aliphatic rings. The molecule has 0 fully saturated rings. The molecule has 1 unspecified atom stereocenters. The second-order valence-electron chi connectivity index (χ2n) is 3.50. The first-order valence-corrected chi connectivity index (χ1v) is 4.82. The molecule has 1 heterocycles. The van der Waals surface area contributed by atoms with Crippen molar-refractivity contribution in [1.82, 2.24) is 14.9 Å². The van der Waals surface area contributed by atoms with Crippen molar-refractivity contribution in [2.75, 3.05) is 6.61 Å². The van der Waals surface area contributed by atoms with E-state index in [4.69, 9.17) is 0 Å². The third-order valence-electron chi connectivity index (χ3n) is 1.78. The molecular formula is C9H12F3N3O2. The quantitative estimate of drug-likeness (QED) is 0.883. The fraction of sp³-hybridized carbons (Fsp3) is 0.556. The van der Waals surface area contributed by atoms with Crippen molar-refractivity contribution < 1.29 is 22.7 Å². The second-order valence-corrected chi connectivity index (χ2v) is 3.50. The van der Waals surface area contributed by atoms with E-state index in [9.17, 15) is 18.0 Å². The average molecular weight is 251 g/mol. The molecule has 1 aromatic heterocycles. The largest absolute Gasteiger partial charge is 0.440 e. The van der Waals surface area contributed by atoms with E-state index in [2.05, 4.69) is 15.0 Å². The summed E-state index contributed by atoms with van der Waals surface area (Å²) in [5.74, 6) is 0. The van der Waals surface area contributed by atoms with E-state index in [1.165, 1.54) is 0 Å². The van der Waals surface area contributed by atoms with Gasteiger partial charge in [-0.2, -0.15) is 13.2 Å². The smallest absolute Gasteiger partial charge is 0.422 e. The van der Waals surface area contributed by atoms with Crippen molar-refractivity contribution in [3.05, 3.63) is 18.7 Å². The number of nitrogens with one attached hydrogen (secondary N) is 1. The number of hydrogen-bond acceptors (Lipinski definition) is 3. The first kappa shape index (κ1) is 13.3. The average Bonchev–Trinajstić information content (AvgIpc) is 2.66. The maximum Gasteiger partial charge on any atom is 0.422 e. The number of amides is 1. The van der Waals surface area contributed by atoms with Crippen LogP contribution in [0, 0.1) is 0 Å². The van der Waals surface area contributed by atoms with Gasteiger partial charge in [-0.15, -0.1) is 0 Å². The summed E-state index contributed by atoms with van der Waals surface area (Å²) >= 11 is 0. The van der Waals surface area contributed by atoms with Crippen molar-refractivity contribution in [3.63, 3.8) is 0 Å². The highest BCUT2D eigenvalue weighted by atomic mass is 19.4. The Balaban J connectivity index is 2.26. The minimum Gasteiger partial charge on any atom is -0.440 e. The van der Waals surface area contributed by atoms with E-state index in [0.29, 0.717) is 6.54 Å². The van der Waals surface area contributed by atoms with Crippen molar-refractivity contribution in [2.24, 2.45) is 0 Å². The zero-order valence-corrected chi connectivity index (χ0v) is 9.07. The van der Waals surface area contributed by atoms with E-state index < -0.39 is 18.9 Å². The van der Waals surface area contributed by atoms with E-state index in [-0.39, 0.29) is 6.04 Å².